The van der Waals surface area contributed by atoms with Gasteiger partial charge in [-0.1, -0.05) is 5.21 Å². The van der Waals surface area contributed by atoms with Crippen molar-refractivity contribution in [2.24, 2.45) is 5.92 Å². The van der Waals surface area contributed by atoms with E-state index in [1.165, 1.54) is 48.7 Å². The van der Waals surface area contributed by atoms with Gasteiger partial charge in [0.15, 0.2) is 0 Å². The average molecular weight is 391 g/mol. The molecule has 4 rings (SSSR count). The van der Waals surface area contributed by atoms with Crippen LogP contribution in [0.2, 0.25) is 0 Å². The number of hydrogen-bond donors (Lipinski definition) is 1. The first-order valence-electron chi connectivity index (χ1n) is 9.14. The van der Waals surface area contributed by atoms with Crippen molar-refractivity contribution in [3.63, 3.8) is 0 Å². The fraction of sp³-hybridized carbons (Fsp3) is 0.421. The van der Waals surface area contributed by atoms with Crippen LogP contribution in [0.3, 0.4) is 0 Å². The van der Waals surface area contributed by atoms with Gasteiger partial charge in [-0.25, -0.2) is 17.9 Å². The highest BCUT2D eigenvalue weighted by Gasteiger charge is 2.23. The van der Waals surface area contributed by atoms with E-state index in [1.807, 2.05) is 0 Å². The summed E-state index contributed by atoms with van der Waals surface area (Å²) in [6, 6.07) is 5.12. The largest absolute Gasteiger partial charge is 0.389 e. The third-order valence-electron chi connectivity index (χ3n) is 4.78. The number of rotatable bonds is 7. The maximum absolute atomic E-state index is 13.6. The van der Waals surface area contributed by atoms with Gasteiger partial charge in [0.1, 0.15) is 11.5 Å². The molecule has 0 aliphatic heterocycles. The van der Waals surface area contributed by atoms with E-state index in [-0.39, 0.29) is 17.7 Å². The molecule has 0 unspecified atom stereocenters. The van der Waals surface area contributed by atoms with Crippen LogP contribution >= 0.6 is 0 Å². The minimum atomic E-state index is -2.75. The molecule has 28 heavy (non-hydrogen) atoms. The van der Waals surface area contributed by atoms with Gasteiger partial charge in [-0.3, -0.25) is 4.68 Å². The van der Waals surface area contributed by atoms with Gasteiger partial charge in [-0.15, -0.1) is 5.10 Å². The molecule has 148 valence electrons. The predicted molar refractivity (Wildman–Crippen MR) is 94.7 cm³/mol. The Labute approximate surface area is 159 Å². The lowest BCUT2D eigenvalue weighted by Crippen LogP contribution is -2.09. The summed E-state index contributed by atoms with van der Waals surface area (Å²) in [7, 11) is 0. The van der Waals surface area contributed by atoms with Crippen molar-refractivity contribution in [3.05, 3.63) is 58.9 Å². The van der Waals surface area contributed by atoms with Crippen molar-refractivity contribution in [1.29, 1.82) is 0 Å². The highest BCUT2D eigenvalue weighted by Crippen LogP contribution is 2.30. The number of hydrogen-bond acceptors (Lipinski definition) is 4. The van der Waals surface area contributed by atoms with Crippen molar-refractivity contribution in [1.82, 2.24) is 24.8 Å². The van der Waals surface area contributed by atoms with Crippen LogP contribution in [0, 0.1) is 11.7 Å². The number of halogens is 3. The van der Waals surface area contributed by atoms with Crippen molar-refractivity contribution < 1.29 is 18.3 Å². The number of aromatic nitrogens is 5. The van der Waals surface area contributed by atoms with Crippen LogP contribution in [0.15, 0.2) is 30.5 Å². The summed E-state index contributed by atoms with van der Waals surface area (Å²) in [5.41, 5.74) is 1.32. The van der Waals surface area contributed by atoms with E-state index in [0.29, 0.717) is 23.0 Å². The Kier molecular flexibility index (Phi) is 4.92. The van der Waals surface area contributed by atoms with E-state index in [2.05, 4.69) is 15.4 Å². The first-order valence-corrected chi connectivity index (χ1v) is 9.14. The van der Waals surface area contributed by atoms with E-state index < -0.39 is 18.3 Å². The fourth-order valence-corrected chi connectivity index (χ4v) is 3.19. The van der Waals surface area contributed by atoms with Crippen molar-refractivity contribution in [2.75, 3.05) is 0 Å². The normalized spacial score (nSPS) is 15.4. The summed E-state index contributed by atoms with van der Waals surface area (Å²) in [5, 5.41) is 22.2. The van der Waals surface area contributed by atoms with Crippen molar-refractivity contribution in [3.8, 4) is 5.69 Å². The Morgan fingerprint density at radius 3 is 2.71 bits per heavy atom. The zero-order valence-corrected chi connectivity index (χ0v) is 15.3. The third kappa shape index (κ3) is 3.94. The summed E-state index contributed by atoms with van der Waals surface area (Å²) in [5.74, 6) is 0.115. The van der Waals surface area contributed by atoms with E-state index in [9.17, 15) is 18.3 Å². The maximum Gasteiger partial charge on any atom is 0.282 e. The van der Waals surface area contributed by atoms with E-state index in [0.717, 1.165) is 6.54 Å². The van der Waals surface area contributed by atoms with Gasteiger partial charge in [0, 0.05) is 24.7 Å². The van der Waals surface area contributed by atoms with Crippen molar-refractivity contribution in [2.45, 2.75) is 45.3 Å². The first-order chi connectivity index (χ1) is 13.4. The second-order valence-corrected chi connectivity index (χ2v) is 7.20. The van der Waals surface area contributed by atoms with Gasteiger partial charge < -0.3 is 5.11 Å². The topological polar surface area (TPSA) is 68.8 Å². The molecule has 1 atom stereocenters. The third-order valence-corrected chi connectivity index (χ3v) is 4.78. The Morgan fingerprint density at radius 2 is 2.04 bits per heavy atom. The minimum absolute atomic E-state index is 0.237. The van der Waals surface area contributed by atoms with Crippen LogP contribution in [0.4, 0.5) is 13.2 Å². The molecule has 1 aromatic carbocycles. The fourth-order valence-electron chi connectivity index (χ4n) is 3.19. The second-order valence-electron chi connectivity index (χ2n) is 7.20. The number of aliphatic hydroxyl groups excluding tert-OH is 1. The number of benzene rings is 1. The monoisotopic (exact) mass is 391 g/mol. The molecule has 1 saturated carbocycles. The van der Waals surface area contributed by atoms with Gasteiger partial charge in [0.2, 0.25) is 0 Å². The molecule has 1 fully saturated rings. The SMILES string of the molecule is C[C@@H](O)c1cc(F)ccc1-n1nc(C(F)F)cc1Cc1cn(CC2CC2)nn1. The van der Waals surface area contributed by atoms with Gasteiger partial charge in [-0.05, 0) is 49.9 Å². The lowest BCUT2D eigenvalue weighted by molar-refractivity contribution is 0.145. The van der Waals surface area contributed by atoms with Gasteiger partial charge in [0.05, 0.1) is 23.2 Å². The molecule has 1 aliphatic carbocycles. The molecule has 0 saturated heterocycles. The summed E-state index contributed by atoms with van der Waals surface area (Å²) in [4.78, 5) is 0. The maximum atomic E-state index is 13.6. The van der Waals surface area contributed by atoms with Gasteiger partial charge in [-0.2, -0.15) is 5.10 Å². The van der Waals surface area contributed by atoms with Crippen LogP contribution in [0.1, 0.15) is 54.9 Å². The van der Waals surface area contributed by atoms with Crippen LogP contribution in [0.25, 0.3) is 5.69 Å². The van der Waals surface area contributed by atoms with Crippen LogP contribution in [-0.4, -0.2) is 29.9 Å². The molecule has 1 N–H and O–H groups in total. The standard InChI is InChI=1S/C19H20F3N5O/c1-11(28)16-6-13(20)4-5-18(16)27-15(8-17(24-27)19(21)22)7-14-10-26(25-23-14)9-12-2-3-12/h4-6,8,10-12,19,28H,2-3,7,9H2,1H3/t11-/m1/s1. The average Bonchev–Trinajstić information content (AvgIpc) is 3.18. The number of nitrogens with zero attached hydrogens (tertiary/aromatic N) is 5. The Morgan fingerprint density at radius 1 is 1.25 bits per heavy atom. The molecular weight excluding hydrogens is 371 g/mol. The van der Waals surface area contributed by atoms with Crippen LogP contribution in [0.5, 0.6) is 0 Å². The zero-order valence-electron chi connectivity index (χ0n) is 15.3. The summed E-state index contributed by atoms with van der Waals surface area (Å²) >= 11 is 0. The summed E-state index contributed by atoms with van der Waals surface area (Å²) in [6.45, 7) is 2.29. The van der Waals surface area contributed by atoms with Crippen LogP contribution < -0.4 is 0 Å². The Bertz CT molecular complexity index is 978. The van der Waals surface area contributed by atoms with Gasteiger partial charge >= 0.3 is 0 Å². The van der Waals surface area contributed by atoms with Crippen molar-refractivity contribution >= 4 is 0 Å². The molecule has 1 aliphatic rings. The van der Waals surface area contributed by atoms with Crippen LogP contribution in [-0.2, 0) is 13.0 Å². The lowest BCUT2D eigenvalue weighted by Gasteiger charge is -2.14. The Hall–Kier alpha value is -2.68. The first kappa shape index (κ1) is 18.7. The molecule has 3 aromatic rings. The molecule has 0 spiro atoms. The molecule has 0 bridgehead atoms. The molecule has 2 heterocycles. The Balaban J connectivity index is 1.70. The molecule has 2 aromatic heterocycles. The quantitative estimate of drug-likeness (QED) is 0.668. The van der Waals surface area contributed by atoms with E-state index >= 15 is 0 Å². The number of alkyl halides is 2. The summed E-state index contributed by atoms with van der Waals surface area (Å²) in [6.07, 6.45) is 0.677. The molecule has 9 heteroatoms. The molecule has 0 amide bonds. The summed E-state index contributed by atoms with van der Waals surface area (Å²) < 4.78 is 43.3. The lowest BCUT2D eigenvalue weighted by atomic mass is 10.1. The smallest absolute Gasteiger partial charge is 0.282 e. The van der Waals surface area contributed by atoms with E-state index in [1.54, 1.807) is 10.9 Å². The molecule has 0 radical (unpaired) electrons. The number of aliphatic hydroxyl groups is 1. The predicted octanol–water partition coefficient (Wildman–Crippen LogP) is 3.59. The second kappa shape index (κ2) is 7.38. The zero-order chi connectivity index (χ0) is 19.8. The highest BCUT2D eigenvalue weighted by molar-refractivity contribution is 5.44. The van der Waals surface area contributed by atoms with E-state index in [4.69, 9.17) is 0 Å². The van der Waals surface area contributed by atoms with Gasteiger partial charge in [0.25, 0.3) is 6.43 Å². The minimum Gasteiger partial charge on any atom is -0.389 e. The molecule has 6 nitrogen and oxygen atoms in total. The molecular formula is C19H20F3N5O. The highest BCUT2D eigenvalue weighted by atomic mass is 19.3.